The SMILES string of the molecule is CC1(S(=O)(=O)n2ccc3ccccc32)C=CC=C(C2CCNC2)C1. The van der Waals surface area contributed by atoms with E-state index < -0.39 is 14.8 Å². The highest BCUT2D eigenvalue weighted by atomic mass is 32.2. The molecule has 2 aromatic rings. The molecule has 1 aromatic carbocycles. The van der Waals surface area contributed by atoms with E-state index in [2.05, 4.69) is 11.4 Å². The smallest absolute Gasteiger partial charge is 0.248 e. The first-order valence-electron chi connectivity index (χ1n) is 8.41. The molecule has 2 unspecified atom stereocenters. The van der Waals surface area contributed by atoms with Crippen molar-refractivity contribution in [1.82, 2.24) is 9.29 Å². The largest absolute Gasteiger partial charge is 0.316 e. The van der Waals surface area contributed by atoms with Crippen molar-refractivity contribution in [1.29, 1.82) is 0 Å². The maximum Gasteiger partial charge on any atom is 0.248 e. The summed E-state index contributed by atoms with van der Waals surface area (Å²) in [6.45, 7) is 3.79. The van der Waals surface area contributed by atoms with E-state index in [-0.39, 0.29) is 0 Å². The maximum absolute atomic E-state index is 13.4. The summed E-state index contributed by atoms with van der Waals surface area (Å²) in [5, 5.41) is 4.31. The molecule has 0 saturated carbocycles. The van der Waals surface area contributed by atoms with Gasteiger partial charge in [0.2, 0.25) is 10.0 Å². The van der Waals surface area contributed by atoms with Gasteiger partial charge < -0.3 is 5.32 Å². The lowest BCUT2D eigenvalue weighted by molar-refractivity contribution is 0.535. The van der Waals surface area contributed by atoms with E-state index in [0.717, 1.165) is 30.4 Å². The fraction of sp³-hybridized carbons (Fsp3) is 0.368. The van der Waals surface area contributed by atoms with Gasteiger partial charge in [-0.1, -0.05) is 42.0 Å². The van der Waals surface area contributed by atoms with Gasteiger partial charge in [-0.15, -0.1) is 0 Å². The summed E-state index contributed by atoms with van der Waals surface area (Å²) in [6, 6.07) is 9.47. The Morgan fingerprint density at radius 2 is 2.08 bits per heavy atom. The molecule has 1 aliphatic carbocycles. The Morgan fingerprint density at radius 3 is 2.88 bits per heavy atom. The van der Waals surface area contributed by atoms with Crippen molar-refractivity contribution in [2.45, 2.75) is 24.5 Å². The van der Waals surface area contributed by atoms with Crippen LogP contribution in [0.15, 0.2) is 60.3 Å². The van der Waals surface area contributed by atoms with Gasteiger partial charge in [0.15, 0.2) is 0 Å². The lowest BCUT2D eigenvalue weighted by Crippen LogP contribution is -2.39. The third kappa shape index (κ3) is 2.34. The van der Waals surface area contributed by atoms with Gasteiger partial charge in [0, 0.05) is 18.1 Å². The summed E-state index contributed by atoms with van der Waals surface area (Å²) in [5.74, 6) is 0.450. The van der Waals surface area contributed by atoms with Gasteiger partial charge in [0.1, 0.15) is 4.75 Å². The Kier molecular flexibility index (Phi) is 3.66. The first kappa shape index (κ1) is 15.7. The second-order valence-corrected chi connectivity index (χ2v) is 9.23. The number of nitrogens with one attached hydrogen (secondary N) is 1. The summed E-state index contributed by atoms with van der Waals surface area (Å²) in [7, 11) is -3.54. The van der Waals surface area contributed by atoms with Gasteiger partial charge in [-0.25, -0.2) is 12.4 Å². The van der Waals surface area contributed by atoms with Gasteiger partial charge >= 0.3 is 0 Å². The molecule has 0 amide bonds. The van der Waals surface area contributed by atoms with Gasteiger partial charge in [0.05, 0.1) is 5.52 Å². The fourth-order valence-electron chi connectivity index (χ4n) is 3.82. The normalized spacial score (nSPS) is 27.5. The topological polar surface area (TPSA) is 51.1 Å². The summed E-state index contributed by atoms with van der Waals surface area (Å²) in [4.78, 5) is 0. The van der Waals surface area contributed by atoms with E-state index in [1.54, 1.807) is 6.20 Å². The number of fused-ring (bicyclic) bond motifs is 1. The molecule has 5 heteroatoms. The number of aromatic nitrogens is 1. The van der Waals surface area contributed by atoms with Crippen LogP contribution in [0.3, 0.4) is 0 Å². The zero-order valence-electron chi connectivity index (χ0n) is 13.8. The fourth-order valence-corrected chi connectivity index (χ4v) is 5.51. The molecule has 4 rings (SSSR count). The van der Waals surface area contributed by atoms with Crippen LogP contribution in [0.2, 0.25) is 0 Å². The molecule has 126 valence electrons. The second-order valence-electron chi connectivity index (χ2n) is 6.96. The lowest BCUT2D eigenvalue weighted by Gasteiger charge is -2.32. The van der Waals surface area contributed by atoms with Gasteiger partial charge in [-0.05, 0) is 44.4 Å². The van der Waals surface area contributed by atoms with Crippen LogP contribution in [0.4, 0.5) is 0 Å². The monoisotopic (exact) mass is 342 g/mol. The Labute approximate surface area is 142 Å². The minimum absolute atomic E-state index is 0.450. The van der Waals surface area contributed by atoms with Crippen LogP contribution in [0.5, 0.6) is 0 Å². The maximum atomic E-state index is 13.4. The minimum Gasteiger partial charge on any atom is -0.316 e. The van der Waals surface area contributed by atoms with Crippen LogP contribution >= 0.6 is 0 Å². The average Bonchev–Trinajstić information content (AvgIpc) is 3.24. The van der Waals surface area contributed by atoms with Gasteiger partial charge in [-0.2, -0.15) is 0 Å². The summed E-state index contributed by atoms with van der Waals surface area (Å²) >= 11 is 0. The van der Waals surface area contributed by atoms with Gasteiger partial charge in [-0.3, -0.25) is 0 Å². The standard InChI is InChI=1S/C19H22N2O2S/c1-19(10-4-6-16(13-19)17-8-11-20-14-17)24(22,23)21-12-9-15-5-2-3-7-18(15)21/h2-7,9-10,12,17,20H,8,11,13-14H2,1H3. The summed E-state index contributed by atoms with van der Waals surface area (Å²) in [6.07, 6.45) is 9.17. The predicted molar refractivity (Wildman–Crippen MR) is 97.5 cm³/mol. The molecule has 1 fully saturated rings. The van der Waals surface area contributed by atoms with Crippen LogP contribution in [-0.4, -0.2) is 30.2 Å². The van der Waals surface area contributed by atoms with Crippen LogP contribution in [0.1, 0.15) is 19.8 Å². The highest BCUT2D eigenvalue weighted by molar-refractivity contribution is 7.91. The van der Waals surface area contributed by atoms with Crippen molar-refractivity contribution in [3.05, 3.63) is 60.3 Å². The molecule has 2 aliphatic rings. The predicted octanol–water partition coefficient (Wildman–Crippen LogP) is 3.07. The van der Waals surface area contributed by atoms with E-state index >= 15 is 0 Å². The molecule has 1 N–H and O–H groups in total. The Hall–Kier alpha value is -1.85. The highest BCUT2D eigenvalue weighted by Gasteiger charge is 2.41. The quantitative estimate of drug-likeness (QED) is 0.933. The summed E-state index contributed by atoms with van der Waals surface area (Å²) in [5.41, 5.74) is 1.98. The molecule has 0 bridgehead atoms. The molecule has 1 aliphatic heterocycles. The van der Waals surface area contributed by atoms with Crippen molar-refractivity contribution in [2.75, 3.05) is 13.1 Å². The van der Waals surface area contributed by atoms with E-state index in [4.69, 9.17) is 0 Å². The molecule has 2 atom stereocenters. The first-order valence-corrected chi connectivity index (χ1v) is 9.85. The number of allylic oxidation sites excluding steroid dienone is 2. The second kappa shape index (κ2) is 5.60. The molecule has 2 heterocycles. The molecule has 0 spiro atoms. The molecule has 0 radical (unpaired) electrons. The van der Waals surface area contributed by atoms with Crippen LogP contribution in [-0.2, 0) is 10.0 Å². The number of hydrogen-bond donors (Lipinski definition) is 1. The molecule has 1 saturated heterocycles. The summed E-state index contributed by atoms with van der Waals surface area (Å²) < 4.78 is 27.4. The Morgan fingerprint density at radius 1 is 1.25 bits per heavy atom. The van der Waals surface area contributed by atoms with Crippen molar-refractivity contribution in [3.8, 4) is 0 Å². The molecular formula is C19H22N2O2S. The van der Waals surface area contributed by atoms with E-state index in [1.807, 2.05) is 49.4 Å². The lowest BCUT2D eigenvalue weighted by atomic mass is 9.86. The highest BCUT2D eigenvalue weighted by Crippen LogP contribution is 2.37. The van der Waals surface area contributed by atoms with Crippen LogP contribution in [0, 0.1) is 5.92 Å². The van der Waals surface area contributed by atoms with Crippen molar-refractivity contribution >= 4 is 20.9 Å². The molecule has 24 heavy (non-hydrogen) atoms. The Bertz CT molecular complexity index is 933. The average molecular weight is 342 g/mol. The molecule has 4 nitrogen and oxygen atoms in total. The number of hydrogen-bond acceptors (Lipinski definition) is 3. The van der Waals surface area contributed by atoms with Crippen molar-refractivity contribution in [3.63, 3.8) is 0 Å². The zero-order chi connectivity index (χ0) is 16.8. The van der Waals surface area contributed by atoms with Crippen LogP contribution in [0.25, 0.3) is 10.9 Å². The zero-order valence-corrected chi connectivity index (χ0v) is 14.6. The van der Waals surface area contributed by atoms with Crippen molar-refractivity contribution in [2.24, 2.45) is 5.92 Å². The third-order valence-corrected chi connectivity index (χ3v) is 7.61. The van der Waals surface area contributed by atoms with Crippen molar-refractivity contribution < 1.29 is 8.42 Å². The number of nitrogens with zero attached hydrogens (tertiary/aromatic N) is 1. The van der Waals surface area contributed by atoms with E-state index in [0.29, 0.717) is 12.3 Å². The van der Waals surface area contributed by atoms with E-state index in [9.17, 15) is 8.42 Å². The number of rotatable bonds is 3. The molecule has 1 aromatic heterocycles. The number of benzene rings is 1. The number of para-hydroxylation sites is 1. The third-order valence-electron chi connectivity index (χ3n) is 5.31. The van der Waals surface area contributed by atoms with Crippen LogP contribution < -0.4 is 5.32 Å². The minimum atomic E-state index is -3.54. The molecular weight excluding hydrogens is 320 g/mol. The first-order chi connectivity index (χ1) is 11.5. The van der Waals surface area contributed by atoms with E-state index in [1.165, 1.54) is 9.55 Å². The Balaban J connectivity index is 1.74. The van der Waals surface area contributed by atoms with Gasteiger partial charge in [0.25, 0.3) is 0 Å².